The first-order valence-corrected chi connectivity index (χ1v) is 5.98. The Balaban J connectivity index is 3.66. The van der Waals surface area contributed by atoms with Gasteiger partial charge in [0, 0.05) is 0 Å². The maximum absolute atomic E-state index is 9.13. The number of rotatable bonds is 4. The summed E-state index contributed by atoms with van der Waals surface area (Å²) < 4.78 is 10.5. The van der Waals surface area contributed by atoms with Gasteiger partial charge in [0.1, 0.15) is 33.3 Å². The molecule has 0 unspecified atom stereocenters. The van der Waals surface area contributed by atoms with Crippen molar-refractivity contribution >= 4 is 23.2 Å². The minimum absolute atomic E-state index is 0.0391. The van der Waals surface area contributed by atoms with Gasteiger partial charge in [-0.2, -0.15) is 10.5 Å². The summed E-state index contributed by atoms with van der Waals surface area (Å²) in [5.74, 6) is 0.235. The van der Waals surface area contributed by atoms with Crippen molar-refractivity contribution in [2.75, 3.05) is 13.2 Å². The molecule has 1 aromatic rings. The van der Waals surface area contributed by atoms with Crippen LogP contribution in [0.2, 0.25) is 10.0 Å². The Morgan fingerprint density at radius 1 is 0.889 bits per heavy atom. The molecule has 4 nitrogen and oxygen atoms in total. The van der Waals surface area contributed by atoms with Gasteiger partial charge in [-0.05, 0) is 13.8 Å². The van der Waals surface area contributed by atoms with E-state index in [9.17, 15) is 0 Å². The molecule has 0 heterocycles. The van der Waals surface area contributed by atoms with E-state index in [1.54, 1.807) is 13.8 Å². The molecule has 0 radical (unpaired) electrons. The molecular formula is C12H10Cl2N2O2. The van der Waals surface area contributed by atoms with Crippen LogP contribution in [0.1, 0.15) is 25.0 Å². The van der Waals surface area contributed by atoms with Crippen LogP contribution in [-0.2, 0) is 0 Å². The molecule has 0 aliphatic heterocycles. The van der Waals surface area contributed by atoms with Crippen molar-refractivity contribution in [2.24, 2.45) is 0 Å². The molecule has 0 N–H and O–H groups in total. The van der Waals surface area contributed by atoms with Crippen LogP contribution in [0, 0.1) is 22.7 Å². The average molecular weight is 285 g/mol. The number of nitriles is 2. The van der Waals surface area contributed by atoms with Crippen LogP contribution in [0.4, 0.5) is 0 Å². The lowest BCUT2D eigenvalue weighted by atomic mass is 10.1. The van der Waals surface area contributed by atoms with E-state index in [1.165, 1.54) is 0 Å². The van der Waals surface area contributed by atoms with Crippen molar-refractivity contribution < 1.29 is 9.47 Å². The van der Waals surface area contributed by atoms with Crippen molar-refractivity contribution in [2.45, 2.75) is 13.8 Å². The monoisotopic (exact) mass is 284 g/mol. The highest BCUT2D eigenvalue weighted by molar-refractivity contribution is 6.44. The maximum Gasteiger partial charge on any atom is 0.158 e. The van der Waals surface area contributed by atoms with Gasteiger partial charge < -0.3 is 9.47 Å². The van der Waals surface area contributed by atoms with Crippen LogP contribution < -0.4 is 9.47 Å². The first kappa shape index (κ1) is 14.4. The lowest BCUT2D eigenvalue weighted by Crippen LogP contribution is -2.03. The van der Waals surface area contributed by atoms with E-state index < -0.39 is 0 Å². The molecule has 0 saturated carbocycles. The van der Waals surface area contributed by atoms with Gasteiger partial charge in [0.25, 0.3) is 0 Å². The SMILES string of the molecule is CCOc1c(Cl)c(Cl)c(OCC)c(C#N)c1C#N. The molecule has 1 aromatic carbocycles. The highest BCUT2D eigenvalue weighted by atomic mass is 35.5. The predicted octanol–water partition coefficient (Wildman–Crippen LogP) is 3.53. The van der Waals surface area contributed by atoms with Gasteiger partial charge in [0.05, 0.1) is 13.2 Å². The van der Waals surface area contributed by atoms with Crippen LogP contribution >= 0.6 is 23.2 Å². The van der Waals surface area contributed by atoms with E-state index >= 15 is 0 Å². The van der Waals surface area contributed by atoms with E-state index in [1.807, 2.05) is 12.1 Å². The van der Waals surface area contributed by atoms with E-state index in [0.717, 1.165) is 0 Å². The highest BCUT2D eigenvalue weighted by Crippen LogP contribution is 2.44. The number of hydrogen-bond acceptors (Lipinski definition) is 4. The van der Waals surface area contributed by atoms with Crippen LogP contribution in [0.25, 0.3) is 0 Å². The second kappa shape index (κ2) is 6.35. The smallest absolute Gasteiger partial charge is 0.158 e. The van der Waals surface area contributed by atoms with Crippen molar-refractivity contribution in [3.05, 3.63) is 21.2 Å². The average Bonchev–Trinajstić information content (AvgIpc) is 2.38. The Bertz CT molecular complexity index is 496. The molecule has 6 heteroatoms. The largest absolute Gasteiger partial charge is 0.491 e. The van der Waals surface area contributed by atoms with Gasteiger partial charge >= 0.3 is 0 Å². The van der Waals surface area contributed by atoms with E-state index in [4.69, 9.17) is 43.2 Å². The van der Waals surface area contributed by atoms with Crippen LogP contribution in [-0.4, -0.2) is 13.2 Å². The molecule has 0 spiro atoms. The summed E-state index contributed by atoms with van der Waals surface area (Å²) in [6.45, 7) is 4.11. The Kier molecular flexibility index (Phi) is 5.09. The molecular weight excluding hydrogens is 275 g/mol. The normalized spacial score (nSPS) is 9.44. The third-order valence-corrected chi connectivity index (χ3v) is 2.91. The third-order valence-electron chi connectivity index (χ3n) is 2.10. The number of nitrogens with zero attached hydrogens (tertiary/aromatic N) is 2. The lowest BCUT2D eigenvalue weighted by molar-refractivity contribution is 0.329. The molecule has 0 atom stereocenters. The first-order valence-electron chi connectivity index (χ1n) is 5.22. The zero-order chi connectivity index (χ0) is 13.7. The van der Waals surface area contributed by atoms with Gasteiger partial charge in [0.15, 0.2) is 11.5 Å². The highest BCUT2D eigenvalue weighted by Gasteiger charge is 2.24. The lowest BCUT2D eigenvalue weighted by Gasteiger charge is -2.15. The molecule has 0 aliphatic rings. The molecule has 0 aliphatic carbocycles. The number of ether oxygens (including phenoxy) is 2. The van der Waals surface area contributed by atoms with Crippen LogP contribution in [0.5, 0.6) is 11.5 Å². The molecule has 0 aromatic heterocycles. The van der Waals surface area contributed by atoms with Gasteiger partial charge in [-0.3, -0.25) is 0 Å². The second-order valence-corrected chi connectivity index (χ2v) is 3.88. The van der Waals surface area contributed by atoms with Gasteiger partial charge in [-0.1, -0.05) is 23.2 Å². The molecule has 0 fully saturated rings. The zero-order valence-corrected chi connectivity index (χ0v) is 11.4. The summed E-state index contributed by atoms with van der Waals surface area (Å²) in [6, 6.07) is 3.79. The van der Waals surface area contributed by atoms with Crippen LogP contribution in [0.3, 0.4) is 0 Å². The number of halogens is 2. The summed E-state index contributed by atoms with van der Waals surface area (Å²) in [5, 5.41) is 18.4. The fraction of sp³-hybridized carbons (Fsp3) is 0.333. The standard InChI is InChI=1S/C12H10Cl2N2O2/c1-3-17-11-7(5-15)8(6-16)12(18-4-2)10(14)9(11)13/h3-4H2,1-2H3. The van der Waals surface area contributed by atoms with E-state index in [2.05, 4.69) is 0 Å². The summed E-state index contributed by atoms with van der Waals surface area (Å²) in [6.07, 6.45) is 0. The van der Waals surface area contributed by atoms with Crippen LogP contribution in [0.15, 0.2) is 0 Å². The molecule has 1 rings (SSSR count). The van der Waals surface area contributed by atoms with E-state index in [0.29, 0.717) is 13.2 Å². The Labute approximate surface area is 115 Å². The summed E-state index contributed by atoms with van der Waals surface area (Å²) >= 11 is 12.1. The summed E-state index contributed by atoms with van der Waals surface area (Å²) in [7, 11) is 0. The fourth-order valence-electron chi connectivity index (χ4n) is 1.42. The maximum atomic E-state index is 9.13. The third kappa shape index (κ3) is 2.46. The zero-order valence-electron chi connectivity index (χ0n) is 9.88. The van der Waals surface area contributed by atoms with Crippen molar-refractivity contribution in [1.82, 2.24) is 0 Å². The quantitative estimate of drug-likeness (QED) is 0.848. The summed E-state index contributed by atoms with van der Waals surface area (Å²) in [4.78, 5) is 0. The number of benzene rings is 1. The molecule has 0 amide bonds. The Morgan fingerprint density at radius 2 is 1.22 bits per heavy atom. The van der Waals surface area contributed by atoms with Gasteiger partial charge in [-0.25, -0.2) is 0 Å². The molecule has 94 valence electrons. The molecule has 18 heavy (non-hydrogen) atoms. The van der Waals surface area contributed by atoms with Crippen molar-refractivity contribution in [3.8, 4) is 23.6 Å². The first-order chi connectivity index (χ1) is 8.62. The molecule has 0 saturated heterocycles. The van der Waals surface area contributed by atoms with Crippen molar-refractivity contribution in [1.29, 1.82) is 10.5 Å². The van der Waals surface area contributed by atoms with Gasteiger partial charge in [-0.15, -0.1) is 0 Å². The predicted molar refractivity (Wildman–Crippen MR) is 68.2 cm³/mol. The summed E-state index contributed by atoms with van der Waals surface area (Å²) in [5.41, 5.74) is 0.0781. The van der Waals surface area contributed by atoms with E-state index in [-0.39, 0.29) is 32.7 Å². The Morgan fingerprint density at radius 3 is 1.44 bits per heavy atom. The minimum Gasteiger partial charge on any atom is -0.491 e. The second-order valence-electron chi connectivity index (χ2n) is 3.13. The Hall–Kier alpha value is -1.62. The molecule has 0 bridgehead atoms. The van der Waals surface area contributed by atoms with Gasteiger partial charge in [0.2, 0.25) is 0 Å². The minimum atomic E-state index is 0.0391. The van der Waals surface area contributed by atoms with Crippen molar-refractivity contribution in [3.63, 3.8) is 0 Å². The number of hydrogen-bond donors (Lipinski definition) is 0. The fourth-order valence-corrected chi connectivity index (χ4v) is 1.89. The topological polar surface area (TPSA) is 66.0 Å².